The number of nitrogens with one attached hydrogen (secondary N) is 1. The van der Waals surface area contributed by atoms with Crippen molar-refractivity contribution in [2.75, 3.05) is 6.61 Å². The molecule has 0 bridgehead atoms. The Bertz CT molecular complexity index is 608. The molecule has 1 unspecified atom stereocenters. The highest BCUT2D eigenvalue weighted by atomic mass is 32.2. The van der Waals surface area contributed by atoms with Crippen molar-refractivity contribution >= 4 is 22.0 Å². The fourth-order valence-corrected chi connectivity index (χ4v) is 2.89. The van der Waals surface area contributed by atoms with Gasteiger partial charge < -0.3 is 9.84 Å². The number of benzene rings is 1. The fourth-order valence-electron chi connectivity index (χ4n) is 1.53. The van der Waals surface area contributed by atoms with Gasteiger partial charge >= 0.3 is 11.9 Å². The lowest BCUT2D eigenvalue weighted by Crippen LogP contribution is -2.38. The van der Waals surface area contributed by atoms with E-state index in [1.54, 1.807) is 6.92 Å². The van der Waals surface area contributed by atoms with Crippen molar-refractivity contribution in [1.82, 2.24) is 4.72 Å². The number of ether oxygens (including phenoxy) is 1. The van der Waals surface area contributed by atoms with Crippen LogP contribution >= 0.6 is 0 Å². The highest BCUT2D eigenvalue weighted by Gasteiger charge is 2.20. The lowest BCUT2D eigenvalue weighted by Gasteiger charge is -2.10. The topological polar surface area (TPSA) is 110 Å². The van der Waals surface area contributed by atoms with E-state index in [9.17, 15) is 18.0 Å². The van der Waals surface area contributed by atoms with Crippen molar-refractivity contribution in [3.63, 3.8) is 0 Å². The van der Waals surface area contributed by atoms with Gasteiger partial charge in [0.25, 0.3) is 0 Å². The van der Waals surface area contributed by atoms with Crippen LogP contribution in [0.1, 0.15) is 29.8 Å². The van der Waals surface area contributed by atoms with E-state index in [-0.39, 0.29) is 12.4 Å². The molecule has 7 nitrogen and oxygen atoms in total. The number of carboxylic acid groups (broad SMARTS) is 1. The molecule has 116 valence electrons. The van der Waals surface area contributed by atoms with E-state index >= 15 is 0 Å². The van der Waals surface area contributed by atoms with E-state index in [0.29, 0.717) is 11.1 Å². The van der Waals surface area contributed by atoms with Crippen LogP contribution < -0.4 is 4.72 Å². The summed E-state index contributed by atoms with van der Waals surface area (Å²) in [5.41, 5.74) is 0.762. The number of sulfonamides is 1. The second kappa shape index (κ2) is 7.19. The predicted molar refractivity (Wildman–Crippen MR) is 75.3 cm³/mol. The van der Waals surface area contributed by atoms with Crippen molar-refractivity contribution in [2.24, 2.45) is 0 Å². The van der Waals surface area contributed by atoms with Gasteiger partial charge in [0.05, 0.1) is 17.9 Å². The van der Waals surface area contributed by atoms with Gasteiger partial charge in [-0.1, -0.05) is 12.1 Å². The maximum atomic E-state index is 11.8. The van der Waals surface area contributed by atoms with E-state index in [0.717, 1.165) is 0 Å². The van der Waals surface area contributed by atoms with E-state index in [1.165, 1.54) is 31.2 Å². The van der Waals surface area contributed by atoms with Crippen LogP contribution in [0.5, 0.6) is 0 Å². The van der Waals surface area contributed by atoms with Gasteiger partial charge in [-0.25, -0.2) is 17.9 Å². The lowest BCUT2D eigenvalue weighted by molar-refractivity contribution is -0.138. The molecule has 1 rings (SSSR count). The largest absolute Gasteiger partial charge is 0.480 e. The molecule has 0 amide bonds. The lowest BCUT2D eigenvalue weighted by atomic mass is 10.1. The number of aliphatic carboxylic acids is 1. The Hall–Kier alpha value is -1.93. The second-order valence-electron chi connectivity index (χ2n) is 4.35. The molecule has 8 heteroatoms. The molecule has 21 heavy (non-hydrogen) atoms. The molecule has 0 saturated heterocycles. The Morgan fingerprint density at radius 3 is 2.33 bits per heavy atom. The van der Waals surface area contributed by atoms with E-state index in [4.69, 9.17) is 9.84 Å². The van der Waals surface area contributed by atoms with Gasteiger partial charge in [-0.15, -0.1) is 0 Å². The molecule has 2 N–H and O–H groups in total. The minimum Gasteiger partial charge on any atom is -0.480 e. The van der Waals surface area contributed by atoms with Gasteiger partial charge in [0.15, 0.2) is 0 Å². The van der Waals surface area contributed by atoms with Gasteiger partial charge in [0.1, 0.15) is 6.04 Å². The van der Waals surface area contributed by atoms with Crippen molar-refractivity contribution in [2.45, 2.75) is 25.6 Å². The van der Waals surface area contributed by atoms with Crippen molar-refractivity contribution in [3.8, 4) is 0 Å². The molecular formula is C13H17NO6S. The minimum atomic E-state index is -3.77. The molecule has 0 aliphatic carbocycles. The van der Waals surface area contributed by atoms with Crippen LogP contribution in [-0.4, -0.2) is 38.1 Å². The number of carbonyl (C=O) groups excluding carboxylic acids is 1. The number of hydrogen-bond acceptors (Lipinski definition) is 5. The molecule has 0 aliphatic heterocycles. The first-order chi connectivity index (χ1) is 9.75. The Kier molecular flexibility index (Phi) is 5.86. The zero-order chi connectivity index (χ0) is 16.0. The average Bonchev–Trinajstić information content (AvgIpc) is 2.38. The minimum absolute atomic E-state index is 0.256. The van der Waals surface area contributed by atoms with Crippen LogP contribution in [0.2, 0.25) is 0 Å². The normalized spacial score (nSPS) is 12.7. The number of esters is 1. The summed E-state index contributed by atoms with van der Waals surface area (Å²) < 4.78 is 30.4. The molecule has 0 aromatic heterocycles. The number of carbonyl (C=O) groups is 2. The Labute approximate surface area is 123 Å². The highest BCUT2D eigenvalue weighted by molar-refractivity contribution is 7.88. The summed E-state index contributed by atoms with van der Waals surface area (Å²) >= 11 is 0. The summed E-state index contributed by atoms with van der Waals surface area (Å²) in [4.78, 5) is 22.1. The van der Waals surface area contributed by atoms with Crippen molar-refractivity contribution in [1.29, 1.82) is 0 Å². The summed E-state index contributed by atoms with van der Waals surface area (Å²) in [5.74, 6) is -2.10. The first kappa shape index (κ1) is 17.1. The molecule has 0 aliphatic rings. The Balaban J connectivity index is 2.75. The zero-order valence-corrected chi connectivity index (χ0v) is 12.5. The third kappa shape index (κ3) is 5.52. The van der Waals surface area contributed by atoms with Crippen molar-refractivity contribution in [3.05, 3.63) is 35.4 Å². The first-order valence-corrected chi connectivity index (χ1v) is 7.89. The fraction of sp³-hybridized carbons (Fsp3) is 0.385. The van der Waals surface area contributed by atoms with Crippen LogP contribution in [-0.2, 0) is 25.3 Å². The van der Waals surface area contributed by atoms with Crippen LogP contribution in [0.4, 0.5) is 0 Å². The molecule has 1 atom stereocenters. The van der Waals surface area contributed by atoms with Crippen molar-refractivity contribution < 1.29 is 27.9 Å². The van der Waals surface area contributed by atoms with Gasteiger partial charge in [-0.05, 0) is 31.5 Å². The monoisotopic (exact) mass is 315 g/mol. The highest BCUT2D eigenvalue weighted by Crippen LogP contribution is 2.09. The van der Waals surface area contributed by atoms with E-state index in [1.807, 2.05) is 4.72 Å². The van der Waals surface area contributed by atoms with Gasteiger partial charge in [0, 0.05) is 0 Å². The second-order valence-corrected chi connectivity index (χ2v) is 6.11. The van der Waals surface area contributed by atoms with Gasteiger partial charge in [0.2, 0.25) is 10.0 Å². The third-order valence-corrected chi connectivity index (χ3v) is 3.97. The molecule has 1 aromatic carbocycles. The molecule has 0 radical (unpaired) electrons. The number of rotatable bonds is 7. The summed E-state index contributed by atoms with van der Waals surface area (Å²) in [6, 6.07) is 4.69. The summed E-state index contributed by atoms with van der Waals surface area (Å²) in [6.07, 6.45) is 0. The molecular weight excluding hydrogens is 298 g/mol. The summed E-state index contributed by atoms with van der Waals surface area (Å²) in [5, 5.41) is 8.68. The molecule has 0 saturated carbocycles. The molecule has 1 aromatic rings. The smallest absolute Gasteiger partial charge is 0.338 e. The maximum absolute atomic E-state index is 11.8. The SMILES string of the molecule is CCOC(=O)c1ccc(CS(=O)(=O)NC(C)C(=O)O)cc1. The van der Waals surface area contributed by atoms with Gasteiger partial charge in [-0.3, -0.25) is 4.79 Å². The average molecular weight is 315 g/mol. The van der Waals surface area contributed by atoms with E-state index in [2.05, 4.69) is 0 Å². The van der Waals surface area contributed by atoms with Gasteiger partial charge in [-0.2, -0.15) is 0 Å². The number of hydrogen-bond donors (Lipinski definition) is 2. The summed E-state index contributed by atoms with van der Waals surface area (Å²) in [7, 11) is -3.77. The molecule has 0 heterocycles. The number of carboxylic acids is 1. The maximum Gasteiger partial charge on any atom is 0.338 e. The Morgan fingerprint density at radius 2 is 1.86 bits per heavy atom. The third-order valence-electron chi connectivity index (χ3n) is 2.55. The van der Waals surface area contributed by atoms with Crippen LogP contribution in [0, 0.1) is 0 Å². The Morgan fingerprint density at radius 1 is 1.29 bits per heavy atom. The van der Waals surface area contributed by atoms with E-state index < -0.39 is 28.0 Å². The standard InChI is InChI=1S/C13H17NO6S/c1-3-20-13(17)11-6-4-10(5-7-11)8-21(18,19)14-9(2)12(15)16/h4-7,9,14H,3,8H2,1-2H3,(H,15,16). The van der Waals surface area contributed by atoms with Crippen LogP contribution in [0.15, 0.2) is 24.3 Å². The molecule has 0 fully saturated rings. The van der Waals surface area contributed by atoms with Crippen LogP contribution in [0.3, 0.4) is 0 Å². The predicted octanol–water partition coefficient (Wildman–Crippen LogP) is 0.756. The summed E-state index contributed by atoms with van der Waals surface area (Å²) in [6.45, 7) is 3.18. The quantitative estimate of drug-likeness (QED) is 0.719. The molecule has 0 spiro atoms. The van der Waals surface area contributed by atoms with Crippen LogP contribution in [0.25, 0.3) is 0 Å². The first-order valence-electron chi connectivity index (χ1n) is 6.24. The zero-order valence-electron chi connectivity index (χ0n) is 11.7.